The average molecular weight is 1280 g/mol. The Morgan fingerprint density at radius 3 is 2.38 bits per heavy atom. The average Bonchev–Trinajstić information content (AvgIpc) is 1.24. The Bertz CT molecular complexity index is 3090. The van der Waals surface area contributed by atoms with Gasteiger partial charge in [-0.3, -0.25) is 19.4 Å². The van der Waals surface area contributed by atoms with Crippen LogP contribution in [0.5, 0.6) is 5.75 Å². The number of H-pyrrole nitrogens is 1. The van der Waals surface area contributed by atoms with E-state index in [4.69, 9.17) is 16.2 Å². The van der Waals surface area contributed by atoms with Gasteiger partial charge in [-0.05, 0) is 172 Å². The summed E-state index contributed by atoms with van der Waals surface area (Å²) >= 11 is 0. The van der Waals surface area contributed by atoms with Gasteiger partial charge in [-0.1, -0.05) is 98.2 Å². The number of ether oxygens (including phenoxy) is 1. The summed E-state index contributed by atoms with van der Waals surface area (Å²) in [6.45, 7) is 9.16. The Labute approximate surface area is 539 Å². The molecule has 14 N–H and O–H groups in total. The lowest BCUT2D eigenvalue weighted by atomic mass is 9.37. The third-order valence-corrected chi connectivity index (χ3v) is 27.5. The quantitative estimate of drug-likeness (QED) is 0.0172. The van der Waals surface area contributed by atoms with E-state index in [2.05, 4.69) is 54.0 Å². The lowest BCUT2D eigenvalue weighted by Crippen LogP contribution is -2.71. The number of aliphatic imine (C=N–C) groups is 1. The molecule has 494 valence electrons. The number of aliphatic hydroxyl groups excluding tert-OH is 5. The van der Waals surface area contributed by atoms with Crippen LogP contribution in [-0.2, 0) is 19.1 Å². The molecular formula is C71H101N5O12S2. The summed E-state index contributed by atoms with van der Waals surface area (Å²) in [5.74, 6) is 2.33. The third kappa shape index (κ3) is 11.5. The number of benzene rings is 1. The van der Waals surface area contributed by atoms with Crippen molar-refractivity contribution in [2.45, 2.75) is 204 Å². The molecule has 0 unspecified atom stereocenters. The van der Waals surface area contributed by atoms with Crippen molar-refractivity contribution >= 4 is 45.1 Å². The number of guanidine groups is 1. The molecule has 3 heterocycles. The molecule has 23 atom stereocenters. The number of aromatic nitrogens is 1. The van der Waals surface area contributed by atoms with Crippen molar-refractivity contribution in [1.29, 1.82) is 0 Å². The van der Waals surface area contributed by atoms with Gasteiger partial charge < -0.3 is 67.4 Å². The van der Waals surface area contributed by atoms with Crippen molar-refractivity contribution in [1.82, 2.24) is 10.3 Å². The zero-order chi connectivity index (χ0) is 64.2. The highest BCUT2D eigenvalue weighted by atomic mass is 33.1. The van der Waals surface area contributed by atoms with Crippen molar-refractivity contribution in [2.24, 2.45) is 97.8 Å². The van der Waals surface area contributed by atoms with Gasteiger partial charge in [0.05, 0.1) is 47.7 Å². The number of hydrogen-bond acceptors (Lipinski definition) is 16. The minimum atomic E-state index is -2.04. The van der Waals surface area contributed by atoms with Gasteiger partial charge in [0.25, 0.3) is 0 Å². The Morgan fingerprint density at radius 1 is 0.911 bits per heavy atom. The molecule has 0 radical (unpaired) electrons. The molecule has 19 heteroatoms. The first kappa shape index (κ1) is 67.1. The fraction of sp³-hybridized carbons (Fsp3) is 0.718. The van der Waals surface area contributed by atoms with Crippen LogP contribution in [0.25, 0.3) is 0 Å². The Morgan fingerprint density at radius 2 is 1.68 bits per heavy atom. The first-order valence-corrected chi connectivity index (χ1v) is 36.4. The molecule has 2 aromatic rings. The number of fused-ring (bicyclic) bond motifs is 10. The number of aromatic hydroxyl groups is 1. The molecule has 7 aliphatic carbocycles. The van der Waals surface area contributed by atoms with Crippen LogP contribution in [-0.4, -0.2) is 142 Å². The smallest absolute Gasteiger partial charge is 0.314 e. The van der Waals surface area contributed by atoms with E-state index >= 15 is 14.7 Å². The fourth-order valence-corrected chi connectivity index (χ4v) is 23.6. The SMILES string of the molecule is CCCCC[C@]12C(=O)C3=C4[C@H](CC[C@]5(CCN=C(N)N)[C@@H]6[C@@H](CC#C[C@@H]([C@@H]7[C@@H](c8cc[nH]c8)C(=O)O[C@@H]7CC)C[C@@H]7[C@@H](CC=C8CC[C@@H](C)C[C@H]87)[C@H](CO)C[C@@H](O)[C@]6(C)O)C[C@@]45O)[C@@]1(C)C[C@H](O)[C@H](O)[C@H]2CSSC[C@@H](c1ccc(O)cc1)CC(=O)[C@H](CO)N3. The molecule has 1 aromatic heterocycles. The van der Waals surface area contributed by atoms with Crippen LogP contribution in [0.1, 0.15) is 173 Å². The van der Waals surface area contributed by atoms with Crippen molar-refractivity contribution in [3.63, 3.8) is 0 Å². The van der Waals surface area contributed by atoms with Gasteiger partial charge in [0.1, 0.15) is 17.9 Å². The van der Waals surface area contributed by atoms with E-state index in [1.165, 1.54) is 27.2 Å². The molecule has 11 rings (SSSR count). The maximum Gasteiger partial charge on any atom is 0.314 e. The topological polar surface area (TPSA) is 314 Å². The van der Waals surface area contributed by atoms with E-state index in [1.54, 1.807) is 31.2 Å². The molecule has 6 fully saturated rings. The minimum absolute atomic E-state index is 0.00190. The van der Waals surface area contributed by atoms with E-state index in [-0.39, 0.29) is 129 Å². The molecule has 90 heavy (non-hydrogen) atoms. The number of carbonyl (C=O) groups excluding carboxylic acids is 3. The van der Waals surface area contributed by atoms with Crippen LogP contribution in [0.4, 0.5) is 0 Å². The normalized spacial score (nSPS) is 43.0. The van der Waals surface area contributed by atoms with E-state index in [0.29, 0.717) is 55.8 Å². The zero-order valence-corrected chi connectivity index (χ0v) is 55.0. The standard InChI is InChI=1S/C71H101N5O12S2/c1-6-8-9-23-70-52-38-90-89-37-46(40-15-18-47(79)19-16-40)30-54(80)53(36-78)76-61(64(70)84)60-51(67(70,4)33-55(81)62(52)83)21-24-69(25-27-75-66(72)73)63-43(32-71(60,69)87)12-10-11-42(58-56(7-2)88-65(85)59(58)44-22-26-74-34-44)29-50-48(45(35-77)31-57(82)68(63,5)86)20-17-41-14-13-39(3)28-49(41)50/h15-19,22,26,34,39,42-43,45-46,48-53,55-59,62-63,74,76-79,81-83,86-87H,6-9,12-14,20-21,23-25,27-33,35-38H2,1-5H3,(H4,72,73,75)/t39-,42-,43+,45+,46+,48+,49-,50-,51+,52-,53+,55+,56-,57-,58+,59-,62-,63-,67-,68+,69+,70+,71-/m1/s1. The third-order valence-electron chi connectivity index (χ3n) is 25.0. The molecule has 2 saturated heterocycles. The monoisotopic (exact) mass is 1280 g/mol. The fourth-order valence-electron chi connectivity index (χ4n) is 20.8. The van der Waals surface area contributed by atoms with Crippen molar-refractivity contribution < 1.29 is 60.0 Å². The highest BCUT2D eigenvalue weighted by Gasteiger charge is 2.77. The summed E-state index contributed by atoms with van der Waals surface area (Å²) in [6, 6.07) is 7.30. The number of nitrogens with two attached hydrogens (primary N) is 2. The van der Waals surface area contributed by atoms with Gasteiger partial charge >= 0.3 is 5.97 Å². The number of carbonyl (C=O) groups is 3. The largest absolute Gasteiger partial charge is 0.508 e. The first-order chi connectivity index (χ1) is 43.0. The Hall–Kier alpha value is -4.36. The minimum Gasteiger partial charge on any atom is -0.508 e. The number of rotatable bonds is 13. The van der Waals surface area contributed by atoms with Crippen LogP contribution in [0, 0.1) is 93.2 Å². The molecule has 1 aromatic carbocycles. The number of unbranched alkanes of at least 4 members (excludes halogenated alkanes) is 2. The molecular weight excluding hydrogens is 1180 g/mol. The first-order valence-electron chi connectivity index (χ1n) is 33.9. The maximum atomic E-state index is 17.2. The molecule has 0 amide bonds. The number of cyclic esters (lactones) is 1. The molecule has 0 spiro atoms. The molecule has 4 saturated carbocycles. The Balaban J connectivity index is 1.13. The Kier molecular flexibility index (Phi) is 20.0. The summed E-state index contributed by atoms with van der Waals surface area (Å²) in [4.78, 5) is 54.4. The number of ketones is 2. The highest BCUT2D eigenvalue weighted by Crippen LogP contribution is 2.75. The van der Waals surface area contributed by atoms with Gasteiger partial charge in [-0.25, -0.2) is 0 Å². The number of hydrogen-bond donors (Lipinski definition) is 12. The molecule has 2 bridgehead atoms. The number of nitrogens with zero attached hydrogens (tertiary/aromatic N) is 1. The summed E-state index contributed by atoms with van der Waals surface area (Å²) in [6.07, 6.45) is 9.76. The van der Waals surface area contributed by atoms with Crippen LogP contribution < -0.4 is 16.8 Å². The van der Waals surface area contributed by atoms with Gasteiger partial charge in [0, 0.05) is 90.3 Å². The van der Waals surface area contributed by atoms with Crippen molar-refractivity contribution in [3.05, 3.63) is 76.8 Å². The number of esters is 1. The van der Waals surface area contributed by atoms with Gasteiger partial charge in [0.2, 0.25) is 0 Å². The van der Waals surface area contributed by atoms with Crippen molar-refractivity contribution in [2.75, 3.05) is 31.3 Å². The van der Waals surface area contributed by atoms with Gasteiger partial charge in [-0.15, -0.1) is 5.92 Å². The maximum absolute atomic E-state index is 17.2. The zero-order valence-electron chi connectivity index (χ0n) is 53.4. The van der Waals surface area contributed by atoms with Crippen LogP contribution in [0.15, 0.2) is 70.6 Å². The summed E-state index contributed by atoms with van der Waals surface area (Å²) in [5.41, 5.74) is 7.73. The second-order valence-electron chi connectivity index (χ2n) is 29.5. The van der Waals surface area contributed by atoms with Crippen LogP contribution >= 0.6 is 21.6 Å². The predicted octanol–water partition coefficient (Wildman–Crippen LogP) is 7.95. The number of aliphatic hydroxyl groups is 7. The molecule has 9 aliphatic rings. The van der Waals surface area contributed by atoms with E-state index in [1.807, 2.05) is 25.4 Å². The number of Topliss-reactive ketones (excluding diaryl/α,β-unsaturated/α-hetero) is 2. The highest BCUT2D eigenvalue weighted by molar-refractivity contribution is 8.76. The van der Waals surface area contributed by atoms with E-state index in [0.717, 1.165) is 43.2 Å². The summed E-state index contributed by atoms with van der Waals surface area (Å²) < 4.78 is 6.33. The van der Waals surface area contributed by atoms with Crippen LogP contribution in [0.3, 0.4) is 0 Å². The van der Waals surface area contributed by atoms with Crippen molar-refractivity contribution in [3.8, 4) is 17.6 Å². The summed E-state index contributed by atoms with van der Waals surface area (Å²) in [5, 5.41) is 105. The molecule has 17 nitrogen and oxygen atoms in total. The number of aromatic amines is 1. The number of phenolic OH excluding ortho intramolecular Hbond substituents is 1. The lowest BCUT2D eigenvalue weighted by Gasteiger charge is -2.68. The van der Waals surface area contributed by atoms with E-state index in [9.17, 15) is 40.5 Å². The second-order valence-corrected chi connectivity index (χ2v) is 32.1. The molecule has 2 aliphatic heterocycles. The van der Waals surface area contributed by atoms with Crippen LogP contribution in [0.2, 0.25) is 0 Å². The van der Waals surface area contributed by atoms with Gasteiger partial charge in [0.15, 0.2) is 17.5 Å². The number of allylic oxidation sites excluding steroid dienone is 3. The number of nitrogens with one attached hydrogen (secondary N) is 2. The predicted molar refractivity (Wildman–Crippen MR) is 349 cm³/mol. The van der Waals surface area contributed by atoms with E-state index < -0.39 is 106 Å². The van der Waals surface area contributed by atoms with Gasteiger partial charge in [-0.2, -0.15) is 0 Å². The number of phenols is 1. The summed E-state index contributed by atoms with van der Waals surface area (Å²) in [7, 11) is 3.02. The second kappa shape index (κ2) is 26.8. The lowest BCUT2D eigenvalue weighted by molar-refractivity contribution is -0.214.